The quantitative estimate of drug-likeness (QED) is 0.731. The van der Waals surface area contributed by atoms with E-state index in [4.69, 9.17) is 10.5 Å². The molecule has 2 aromatic rings. The predicted molar refractivity (Wildman–Crippen MR) is 83.2 cm³/mol. The zero-order valence-corrected chi connectivity index (χ0v) is 11.6. The Morgan fingerprint density at radius 2 is 1.81 bits per heavy atom. The Hall–Kier alpha value is -2.54. The van der Waals surface area contributed by atoms with Crippen molar-refractivity contribution in [2.45, 2.75) is 0 Å². The van der Waals surface area contributed by atoms with Crippen molar-refractivity contribution in [1.29, 1.82) is 0 Å². The smallest absolute Gasteiger partial charge is 0.173 e. The Morgan fingerprint density at radius 1 is 1.05 bits per heavy atom. The number of hydrogen-bond acceptors (Lipinski definition) is 7. The van der Waals surface area contributed by atoms with E-state index in [1.165, 1.54) is 6.33 Å². The van der Waals surface area contributed by atoms with Crippen molar-refractivity contribution >= 4 is 23.0 Å². The number of ether oxygens (including phenoxy) is 1. The summed E-state index contributed by atoms with van der Waals surface area (Å²) < 4.78 is 5.34. The van der Waals surface area contributed by atoms with E-state index >= 15 is 0 Å². The Kier molecular flexibility index (Phi) is 4.02. The number of hydrazine groups is 1. The molecule has 0 saturated carbocycles. The summed E-state index contributed by atoms with van der Waals surface area (Å²) in [5, 5.41) is 0. The highest BCUT2D eigenvalue weighted by Crippen LogP contribution is 2.26. The van der Waals surface area contributed by atoms with E-state index in [1.54, 1.807) is 0 Å². The summed E-state index contributed by atoms with van der Waals surface area (Å²) in [6.07, 6.45) is 1.51. The molecule has 7 nitrogen and oxygen atoms in total. The molecule has 1 saturated heterocycles. The van der Waals surface area contributed by atoms with Gasteiger partial charge in [0.2, 0.25) is 0 Å². The van der Waals surface area contributed by atoms with Crippen molar-refractivity contribution in [2.75, 3.05) is 47.8 Å². The van der Waals surface area contributed by atoms with E-state index in [2.05, 4.69) is 25.7 Å². The average molecular weight is 286 g/mol. The number of nitrogens with zero attached hydrogens (tertiary/aromatic N) is 3. The van der Waals surface area contributed by atoms with Crippen LogP contribution in [0.15, 0.2) is 36.7 Å². The number of nitrogens with one attached hydrogen (secondary N) is 2. The van der Waals surface area contributed by atoms with Gasteiger partial charge in [-0.05, 0) is 12.1 Å². The van der Waals surface area contributed by atoms with Gasteiger partial charge in [-0.3, -0.25) is 10.9 Å². The number of para-hydroxylation sites is 1. The van der Waals surface area contributed by atoms with Crippen LogP contribution >= 0.6 is 0 Å². The minimum absolute atomic E-state index is 0.530. The lowest BCUT2D eigenvalue weighted by Crippen LogP contribution is -2.37. The fourth-order valence-electron chi connectivity index (χ4n) is 2.17. The highest BCUT2D eigenvalue weighted by Gasteiger charge is 2.17. The first-order valence-electron chi connectivity index (χ1n) is 6.85. The molecule has 1 aliphatic heterocycles. The SMILES string of the molecule is Nc1c(NNc2ccccc2)ncnc1N1CCOCC1. The number of morpholine rings is 1. The minimum atomic E-state index is 0.530. The molecule has 3 rings (SSSR count). The van der Waals surface area contributed by atoms with Crippen molar-refractivity contribution in [2.24, 2.45) is 0 Å². The van der Waals surface area contributed by atoms with Gasteiger partial charge in [-0.1, -0.05) is 18.2 Å². The van der Waals surface area contributed by atoms with Crippen LogP contribution in [0.3, 0.4) is 0 Å². The molecule has 0 amide bonds. The molecule has 1 fully saturated rings. The van der Waals surface area contributed by atoms with E-state index in [0.29, 0.717) is 24.7 Å². The van der Waals surface area contributed by atoms with E-state index < -0.39 is 0 Å². The monoisotopic (exact) mass is 286 g/mol. The standard InChI is InChI=1S/C14H18N6O/c15-12-13(19-18-11-4-2-1-3-5-11)16-10-17-14(12)20-6-8-21-9-7-20/h1-5,10,18H,6-9,15H2,(H,16,17,19). The van der Waals surface area contributed by atoms with E-state index in [9.17, 15) is 0 Å². The molecule has 0 bridgehead atoms. The van der Waals surface area contributed by atoms with Gasteiger partial charge in [-0.15, -0.1) is 0 Å². The molecular formula is C14H18N6O. The first kappa shape index (κ1) is 13.4. The lowest BCUT2D eigenvalue weighted by molar-refractivity contribution is 0.122. The van der Waals surface area contributed by atoms with Gasteiger partial charge in [0.15, 0.2) is 11.6 Å². The molecule has 0 atom stereocenters. The van der Waals surface area contributed by atoms with Crippen LogP contribution in [0.5, 0.6) is 0 Å². The number of benzene rings is 1. The molecule has 21 heavy (non-hydrogen) atoms. The number of anilines is 4. The van der Waals surface area contributed by atoms with E-state index in [0.717, 1.165) is 24.6 Å². The van der Waals surface area contributed by atoms with Gasteiger partial charge >= 0.3 is 0 Å². The van der Waals surface area contributed by atoms with Gasteiger partial charge in [-0.2, -0.15) is 0 Å². The second kappa shape index (κ2) is 6.27. The summed E-state index contributed by atoms with van der Waals surface area (Å²) in [5.41, 5.74) is 13.7. The van der Waals surface area contributed by atoms with Crippen LogP contribution in [0.25, 0.3) is 0 Å². The molecule has 7 heteroatoms. The summed E-state index contributed by atoms with van der Waals surface area (Å²) in [6, 6.07) is 9.76. The molecule has 110 valence electrons. The molecular weight excluding hydrogens is 268 g/mol. The van der Waals surface area contributed by atoms with Gasteiger partial charge in [0.05, 0.1) is 18.9 Å². The Morgan fingerprint density at radius 3 is 2.57 bits per heavy atom. The predicted octanol–water partition coefficient (Wildman–Crippen LogP) is 1.33. The maximum Gasteiger partial charge on any atom is 0.173 e. The molecule has 0 spiro atoms. The highest BCUT2D eigenvalue weighted by atomic mass is 16.5. The normalized spacial score (nSPS) is 14.8. The summed E-state index contributed by atoms with van der Waals surface area (Å²) in [7, 11) is 0. The largest absolute Gasteiger partial charge is 0.393 e. The maximum atomic E-state index is 6.17. The van der Waals surface area contributed by atoms with Gasteiger partial charge < -0.3 is 15.4 Å². The summed E-state index contributed by atoms with van der Waals surface area (Å²) in [4.78, 5) is 10.6. The zero-order chi connectivity index (χ0) is 14.5. The van der Waals surface area contributed by atoms with Crippen molar-refractivity contribution < 1.29 is 4.74 Å². The average Bonchev–Trinajstić information content (AvgIpc) is 2.56. The number of nitrogen functional groups attached to an aromatic ring is 1. The molecule has 1 aromatic heterocycles. The van der Waals surface area contributed by atoms with Crippen LogP contribution in [0.4, 0.5) is 23.0 Å². The van der Waals surface area contributed by atoms with Gasteiger partial charge in [0.25, 0.3) is 0 Å². The molecule has 0 aliphatic carbocycles. The maximum absolute atomic E-state index is 6.17. The lowest BCUT2D eigenvalue weighted by Gasteiger charge is -2.29. The fraction of sp³-hybridized carbons (Fsp3) is 0.286. The third-order valence-corrected chi connectivity index (χ3v) is 3.27. The second-order valence-electron chi connectivity index (χ2n) is 4.68. The molecule has 1 aliphatic rings. The van der Waals surface area contributed by atoms with Crippen LogP contribution in [0.2, 0.25) is 0 Å². The van der Waals surface area contributed by atoms with Gasteiger partial charge in [0, 0.05) is 13.1 Å². The number of aromatic nitrogens is 2. The Bertz CT molecular complexity index is 585. The van der Waals surface area contributed by atoms with Crippen molar-refractivity contribution in [3.8, 4) is 0 Å². The van der Waals surface area contributed by atoms with Crippen LogP contribution in [0, 0.1) is 0 Å². The molecule has 4 N–H and O–H groups in total. The Labute approximate surface area is 123 Å². The van der Waals surface area contributed by atoms with E-state index in [-0.39, 0.29) is 0 Å². The topological polar surface area (TPSA) is 88.3 Å². The first-order chi connectivity index (χ1) is 10.3. The lowest BCUT2D eigenvalue weighted by atomic mass is 10.3. The highest BCUT2D eigenvalue weighted by molar-refractivity contribution is 5.75. The van der Waals surface area contributed by atoms with Gasteiger partial charge in [-0.25, -0.2) is 9.97 Å². The second-order valence-corrected chi connectivity index (χ2v) is 4.68. The summed E-state index contributed by atoms with van der Waals surface area (Å²) in [6.45, 7) is 2.95. The van der Waals surface area contributed by atoms with Crippen molar-refractivity contribution in [1.82, 2.24) is 9.97 Å². The van der Waals surface area contributed by atoms with Crippen LogP contribution < -0.4 is 21.5 Å². The Balaban J connectivity index is 1.73. The number of rotatable bonds is 4. The van der Waals surface area contributed by atoms with Crippen molar-refractivity contribution in [3.63, 3.8) is 0 Å². The molecule has 1 aromatic carbocycles. The van der Waals surface area contributed by atoms with Gasteiger partial charge in [0.1, 0.15) is 12.0 Å². The third-order valence-electron chi connectivity index (χ3n) is 3.27. The van der Waals surface area contributed by atoms with E-state index in [1.807, 2.05) is 30.3 Å². The van der Waals surface area contributed by atoms with Crippen LogP contribution in [-0.4, -0.2) is 36.3 Å². The van der Waals surface area contributed by atoms with Crippen LogP contribution in [0.1, 0.15) is 0 Å². The molecule has 0 unspecified atom stereocenters. The third kappa shape index (κ3) is 3.14. The van der Waals surface area contributed by atoms with Crippen molar-refractivity contribution in [3.05, 3.63) is 36.7 Å². The summed E-state index contributed by atoms with van der Waals surface area (Å²) >= 11 is 0. The number of nitrogens with two attached hydrogens (primary N) is 1. The zero-order valence-electron chi connectivity index (χ0n) is 11.6. The fourth-order valence-corrected chi connectivity index (χ4v) is 2.17. The van der Waals surface area contributed by atoms with Crippen LogP contribution in [-0.2, 0) is 4.74 Å². The molecule has 2 heterocycles. The minimum Gasteiger partial charge on any atom is -0.393 e. The number of hydrogen-bond donors (Lipinski definition) is 3. The summed E-state index contributed by atoms with van der Waals surface area (Å²) in [5.74, 6) is 1.31. The molecule has 0 radical (unpaired) electrons. The first-order valence-corrected chi connectivity index (χ1v) is 6.85.